The first-order valence-electron chi connectivity index (χ1n) is 24.5. The van der Waals surface area contributed by atoms with Crippen molar-refractivity contribution >= 4 is 71.1 Å². The van der Waals surface area contributed by atoms with E-state index in [9.17, 15) is 78.0 Å². The van der Waals surface area contributed by atoms with Crippen molar-refractivity contribution in [3.8, 4) is 0 Å². The predicted molar refractivity (Wildman–Crippen MR) is 270 cm³/mol. The largest absolute Gasteiger partial charge is 0.481 e. The first-order valence-corrected chi connectivity index (χ1v) is 24.5. The Morgan fingerprint density at radius 3 is 1.29 bits per heavy atom. The molecular formula is C50H72N10O16. The third kappa shape index (κ3) is 22.6. The molecule has 0 spiro atoms. The average Bonchev–Trinajstić information content (AvgIpc) is 3.33. The van der Waals surface area contributed by atoms with Crippen LogP contribution in [-0.4, -0.2) is 152 Å². The predicted octanol–water partition coefficient (Wildman–Crippen LogP) is -2.67. The lowest BCUT2D eigenvalue weighted by atomic mass is 10.00. The fourth-order valence-corrected chi connectivity index (χ4v) is 7.43. The highest BCUT2D eigenvalue weighted by Gasteiger charge is 2.37. The number of aliphatic carboxylic acids is 3. The van der Waals surface area contributed by atoms with Crippen LogP contribution < -0.4 is 54.0 Å². The highest BCUT2D eigenvalue weighted by atomic mass is 16.4. The van der Waals surface area contributed by atoms with Crippen LogP contribution in [0.2, 0.25) is 0 Å². The van der Waals surface area contributed by atoms with Gasteiger partial charge in [0.1, 0.15) is 48.3 Å². The number of primary amides is 1. The highest BCUT2D eigenvalue weighted by molar-refractivity contribution is 5.99. The van der Waals surface area contributed by atoms with Gasteiger partial charge in [0.25, 0.3) is 0 Å². The summed E-state index contributed by atoms with van der Waals surface area (Å²) in [6.07, 6.45) is -3.32. The number of carbonyl (C=O) groups excluding carboxylic acids is 9. The van der Waals surface area contributed by atoms with E-state index in [0.29, 0.717) is 5.56 Å². The zero-order valence-electron chi connectivity index (χ0n) is 43.2. The van der Waals surface area contributed by atoms with Gasteiger partial charge in [-0.25, -0.2) is 4.79 Å². The van der Waals surface area contributed by atoms with Gasteiger partial charge in [-0.05, 0) is 48.1 Å². The topological polar surface area (TPSA) is 434 Å². The molecular weight excluding hydrogens is 997 g/mol. The molecule has 2 aromatic carbocycles. The van der Waals surface area contributed by atoms with Crippen molar-refractivity contribution in [1.82, 2.24) is 42.5 Å². The van der Waals surface area contributed by atoms with Crippen molar-refractivity contribution in [1.29, 1.82) is 0 Å². The van der Waals surface area contributed by atoms with Crippen LogP contribution in [0.1, 0.15) is 84.8 Å². The maximum Gasteiger partial charge on any atom is 0.326 e. The van der Waals surface area contributed by atoms with Crippen LogP contribution >= 0.6 is 0 Å². The fourth-order valence-electron chi connectivity index (χ4n) is 7.43. The lowest BCUT2D eigenvalue weighted by Gasteiger charge is -2.29. The molecule has 0 bridgehead atoms. The van der Waals surface area contributed by atoms with Crippen LogP contribution in [0.25, 0.3) is 0 Å². The van der Waals surface area contributed by atoms with Gasteiger partial charge in [-0.3, -0.25) is 52.7 Å². The Hall–Kier alpha value is -8.00. The number of carboxylic acids is 3. The minimum atomic E-state index is -1.96. The quantitative estimate of drug-likeness (QED) is 0.0347. The van der Waals surface area contributed by atoms with E-state index in [0.717, 1.165) is 5.56 Å². The van der Waals surface area contributed by atoms with Crippen LogP contribution in [0, 0.1) is 17.8 Å². The molecule has 76 heavy (non-hydrogen) atoms. The Morgan fingerprint density at radius 2 is 0.842 bits per heavy atom. The second kappa shape index (κ2) is 31.7. The summed E-state index contributed by atoms with van der Waals surface area (Å²) < 4.78 is 0. The Balaban J connectivity index is 2.39. The lowest BCUT2D eigenvalue weighted by Crippen LogP contribution is -2.62. The van der Waals surface area contributed by atoms with Gasteiger partial charge in [-0.15, -0.1) is 0 Å². The van der Waals surface area contributed by atoms with Crippen LogP contribution in [0.4, 0.5) is 0 Å². The van der Waals surface area contributed by atoms with Gasteiger partial charge in [0.2, 0.25) is 53.2 Å². The molecule has 0 saturated heterocycles. The summed E-state index contributed by atoms with van der Waals surface area (Å²) in [4.78, 5) is 157. The van der Waals surface area contributed by atoms with E-state index in [1.165, 1.54) is 27.7 Å². The Bertz CT molecular complexity index is 2350. The van der Waals surface area contributed by atoms with E-state index in [2.05, 4.69) is 42.5 Å². The third-order valence-electron chi connectivity index (χ3n) is 11.5. The van der Waals surface area contributed by atoms with E-state index in [1.807, 2.05) is 0 Å². The lowest BCUT2D eigenvalue weighted by molar-refractivity contribution is -0.144. The summed E-state index contributed by atoms with van der Waals surface area (Å²) >= 11 is 0. The third-order valence-corrected chi connectivity index (χ3v) is 11.5. The number of rotatable bonds is 33. The van der Waals surface area contributed by atoms with Gasteiger partial charge in [-0.2, -0.15) is 0 Å². The molecule has 9 atom stereocenters. The number of carbonyl (C=O) groups is 12. The van der Waals surface area contributed by atoms with Crippen LogP contribution in [0.15, 0.2) is 60.7 Å². The van der Waals surface area contributed by atoms with Crippen molar-refractivity contribution in [3.05, 3.63) is 71.8 Å². The molecule has 16 N–H and O–H groups in total. The maximum atomic E-state index is 14.0. The summed E-state index contributed by atoms with van der Waals surface area (Å²) in [5.74, 6) is -15.8. The van der Waals surface area contributed by atoms with Crippen molar-refractivity contribution in [2.24, 2.45) is 29.2 Å². The van der Waals surface area contributed by atoms with Gasteiger partial charge in [0, 0.05) is 12.8 Å². The van der Waals surface area contributed by atoms with E-state index < -0.39 is 170 Å². The van der Waals surface area contributed by atoms with Crippen LogP contribution in [-0.2, 0) is 70.4 Å². The SMILES string of the molecule is CC(C)C[C@H](NC(=O)[C@@H](N)Cc1ccccc1)C(=O)N[C@@H](CC(=O)O)C(=O)N[C@@H](CCC(N)=O)C(=O)N[C@H](C(=O)N[C@@H](CC(=O)O)C(=O)N[C@@H](Cc1ccccc1)C(=O)N[C@@H](CO)C(=O)N[C@H](C(=O)O)C(C)C)C(C)C. The van der Waals surface area contributed by atoms with Gasteiger partial charge < -0.3 is 74.4 Å². The summed E-state index contributed by atoms with van der Waals surface area (Å²) in [7, 11) is 0. The molecule has 0 aliphatic rings. The smallest absolute Gasteiger partial charge is 0.326 e. The molecule has 0 unspecified atom stereocenters. The standard InChI is InChI=1S/C50H72N10O16/c1-25(2)19-32(54-42(67)30(51)20-28-13-9-7-10-14-28)44(69)56-34(22-38(63)64)46(71)53-31(17-18-37(52)62)43(68)59-40(26(3)4)49(74)57-35(23-39(65)66)47(72)55-33(21-29-15-11-8-12-16-29)45(70)58-36(24-61)48(73)60-41(27(5)6)50(75)76/h7-16,25-27,30-36,40-41,61H,17-24,51H2,1-6H3,(H2,52,62)(H,53,71)(H,54,67)(H,55,72)(H,56,69)(H,57,74)(H,58,70)(H,59,68)(H,60,73)(H,63,64)(H,65,66)(H,75,76)/t30-,31-,32-,33-,34-,35-,36-,40-,41-/m0/s1. The number of carboxylic acid groups (broad SMARTS) is 3. The molecule has 0 heterocycles. The molecule has 0 saturated carbocycles. The second-order valence-electron chi connectivity index (χ2n) is 19.2. The first kappa shape index (κ1) is 64.1. The Kier molecular flexibility index (Phi) is 26.7. The number of hydrogen-bond acceptors (Lipinski definition) is 14. The number of aliphatic hydroxyl groups is 1. The highest BCUT2D eigenvalue weighted by Crippen LogP contribution is 2.12. The number of benzene rings is 2. The molecule has 26 nitrogen and oxygen atoms in total. The van der Waals surface area contributed by atoms with E-state index in [1.54, 1.807) is 74.5 Å². The molecule has 0 aliphatic carbocycles. The average molecular weight is 1070 g/mol. The minimum Gasteiger partial charge on any atom is -0.481 e. The Labute approximate surface area is 439 Å². The summed E-state index contributed by atoms with van der Waals surface area (Å²) in [6.45, 7) is 8.39. The molecule has 0 radical (unpaired) electrons. The molecule has 418 valence electrons. The van der Waals surface area contributed by atoms with Crippen molar-refractivity contribution in [2.75, 3.05) is 6.61 Å². The number of aliphatic hydroxyl groups excluding tert-OH is 1. The second-order valence-corrected chi connectivity index (χ2v) is 19.2. The van der Waals surface area contributed by atoms with E-state index in [-0.39, 0.29) is 25.2 Å². The van der Waals surface area contributed by atoms with Crippen molar-refractivity contribution < 1.29 is 78.0 Å². The number of nitrogens with one attached hydrogen (secondary N) is 8. The molecule has 0 aliphatic heterocycles. The van der Waals surface area contributed by atoms with E-state index >= 15 is 0 Å². The zero-order chi connectivity index (χ0) is 57.4. The Morgan fingerprint density at radius 1 is 0.461 bits per heavy atom. The maximum absolute atomic E-state index is 14.0. The fraction of sp³-hybridized carbons (Fsp3) is 0.520. The minimum absolute atomic E-state index is 0.0274. The van der Waals surface area contributed by atoms with E-state index in [4.69, 9.17) is 11.5 Å². The van der Waals surface area contributed by atoms with Crippen molar-refractivity contribution in [2.45, 2.75) is 141 Å². The normalized spacial score (nSPS) is 14.7. The molecule has 26 heteroatoms. The van der Waals surface area contributed by atoms with Gasteiger partial charge in [0.15, 0.2) is 0 Å². The summed E-state index contributed by atoms with van der Waals surface area (Å²) in [5.41, 5.74) is 12.7. The first-order chi connectivity index (χ1) is 35.6. The molecule has 0 aromatic heterocycles. The zero-order valence-corrected chi connectivity index (χ0v) is 43.2. The van der Waals surface area contributed by atoms with Gasteiger partial charge in [0.05, 0.1) is 25.5 Å². The number of nitrogens with two attached hydrogens (primary N) is 2. The van der Waals surface area contributed by atoms with Crippen molar-refractivity contribution in [3.63, 3.8) is 0 Å². The van der Waals surface area contributed by atoms with Crippen LogP contribution in [0.5, 0.6) is 0 Å². The summed E-state index contributed by atoms with van der Waals surface area (Å²) in [6, 6.07) is 2.47. The number of hydrogen-bond donors (Lipinski definition) is 14. The number of amides is 9. The van der Waals surface area contributed by atoms with Crippen LogP contribution in [0.3, 0.4) is 0 Å². The molecule has 2 aromatic rings. The monoisotopic (exact) mass is 1070 g/mol. The van der Waals surface area contributed by atoms with Gasteiger partial charge in [-0.1, -0.05) is 102 Å². The molecule has 2 rings (SSSR count). The molecule has 0 fully saturated rings. The molecule has 9 amide bonds. The summed E-state index contributed by atoms with van der Waals surface area (Å²) in [5, 5.41) is 57.8. The van der Waals surface area contributed by atoms with Gasteiger partial charge >= 0.3 is 17.9 Å².